The molecule has 0 aliphatic rings. The van der Waals surface area contributed by atoms with Crippen molar-refractivity contribution < 1.29 is 5.11 Å². The Hall–Kier alpha value is -0.990. The minimum Gasteiger partial charge on any atom is -0.506 e. The lowest BCUT2D eigenvalue weighted by molar-refractivity contribution is 0.479. The zero-order chi connectivity index (χ0) is 9.26. The molecule has 0 bridgehead atoms. The first-order valence-corrected chi connectivity index (χ1v) is 5.05. The van der Waals surface area contributed by atoms with Crippen molar-refractivity contribution in [2.45, 2.75) is 0 Å². The van der Waals surface area contributed by atoms with Crippen LogP contribution in [0.2, 0.25) is 5.02 Å². The third-order valence-electron chi connectivity index (χ3n) is 1.73. The maximum atomic E-state index is 9.46. The van der Waals surface area contributed by atoms with E-state index in [0.29, 0.717) is 10.8 Å². The van der Waals surface area contributed by atoms with Gasteiger partial charge in [0, 0.05) is 5.02 Å². The molecule has 1 N–H and O–H groups in total. The fourth-order valence-corrected chi connectivity index (χ4v) is 2.12. The Morgan fingerprint density at radius 3 is 2.69 bits per heavy atom. The molecule has 2 rings (SSSR count). The second kappa shape index (κ2) is 3.40. The van der Waals surface area contributed by atoms with Gasteiger partial charge in [-0.1, -0.05) is 23.7 Å². The summed E-state index contributed by atoms with van der Waals surface area (Å²) in [7, 11) is 0. The molecule has 0 aliphatic heterocycles. The largest absolute Gasteiger partial charge is 0.506 e. The first-order chi connectivity index (χ1) is 6.27. The van der Waals surface area contributed by atoms with Crippen molar-refractivity contribution >= 4 is 22.9 Å². The highest BCUT2D eigenvalue weighted by Crippen LogP contribution is 2.35. The summed E-state index contributed by atoms with van der Waals surface area (Å²) in [5.74, 6) is 0.312. The number of aromatic hydroxyl groups is 1. The fraction of sp³-hybridized carbons (Fsp3) is 0. The van der Waals surface area contributed by atoms with E-state index < -0.39 is 0 Å². The molecular weight excluding hydrogens is 204 g/mol. The quantitative estimate of drug-likeness (QED) is 0.760. The molecule has 0 amide bonds. The van der Waals surface area contributed by atoms with E-state index in [0.717, 1.165) is 10.4 Å². The van der Waals surface area contributed by atoms with Crippen molar-refractivity contribution in [3.05, 3.63) is 40.7 Å². The Kier molecular flexibility index (Phi) is 2.25. The standard InChI is InChI=1S/C10H7ClOS/c11-8-3-1-2-7(6-8)10-9(12)4-5-13-10/h1-6,12H. The molecule has 3 heteroatoms. The van der Waals surface area contributed by atoms with Crippen LogP contribution in [0.3, 0.4) is 0 Å². The van der Waals surface area contributed by atoms with Gasteiger partial charge in [-0.25, -0.2) is 0 Å². The predicted octanol–water partition coefficient (Wildman–Crippen LogP) is 3.77. The van der Waals surface area contributed by atoms with Crippen molar-refractivity contribution in [1.82, 2.24) is 0 Å². The van der Waals surface area contributed by atoms with Gasteiger partial charge in [0.1, 0.15) is 5.75 Å². The van der Waals surface area contributed by atoms with Crippen molar-refractivity contribution in [2.24, 2.45) is 0 Å². The number of benzene rings is 1. The molecule has 1 aromatic carbocycles. The lowest BCUT2D eigenvalue weighted by Crippen LogP contribution is -1.72. The first-order valence-electron chi connectivity index (χ1n) is 3.80. The van der Waals surface area contributed by atoms with Crippen molar-refractivity contribution in [1.29, 1.82) is 0 Å². The molecule has 66 valence electrons. The summed E-state index contributed by atoms with van der Waals surface area (Å²) in [4.78, 5) is 0.863. The normalized spacial score (nSPS) is 10.2. The van der Waals surface area contributed by atoms with Crippen LogP contribution in [0, 0.1) is 0 Å². The Morgan fingerprint density at radius 1 is 1.23 bits per heavy atom. The third-order valence-corrected chi connectivity index (χ3v) is 2.92. The van der Waals surface area contributed by atoms with Crippen molar-refractivity contribution in [2.75, 3.05) is 0 Å². The highest BCUT2D eigenvalue weighted by molar-refractivity contribution is 7.14. The molecule has 0 unspecified atom stereocenters. The van der Waals surface area contributed by atoms with Gasteiger partial charge in [0.15, 0.2) is 0 Å². The predicted molar refractivity (Wildman–Crippen MR) is 56.4 cm³/mol. The maximum absolute atomic E-state index is 9.46. The summed E-state index contributed by atoms with van der Waals surface area (Å²) in [5.41, 5.74) is 0.958. The van der Waals surface area contributed by atoms with Crippen LogP contribution in [0.1, 0.15) is 0 Å². The Morgan fingerprint density at radius 2 is 2.08 bits per heavy atom. The topological polar surface area (TPSA) is 20.2 Å². The zero-order valence-electron chi connectivity index (χ0n) is 6.70. The average Bonchev–Trinajstić information content (AvgIpc) is 2.51. The Labute approximate surface area is 85.2 Å². The van der Waals surface area contributed by atoms with Crippen LogP contribution in [-0.2, 0) is 0 Å². The molecule has 0 spiro atoms. The van der Waals surface area contributed by atoms with Gasteiger partial charge < -0.3 is 5.11 Å². The maximum Gasteiger partial charge on any atom is 0.134 e. The number of hydrogen-bond acceptors (Lipinski definition) is 2. The van der Waals surface area contributed by atoms with Gasteiger partial charge in [0.05, 0.1) is 4.88 Å². The molecule has 0 radical (unpaired) electrons. The summed E-state index contributed by atoms with van der Waals surface area (Å²) < 4.78 is 0. The fourth-order valence-electron chi connectivity index (χ4n) is 1.15. The van der Waals surface area contributed by atoms with Crippen LogP contribution < -0.4 is 0 Å². The smallest absolute Gasteiger partial charge is 0.134 e. The molecular formula is C10H7ClOS. The van der Waals surface area contributed by atoms with E-state index in [1.807, 2.05) is 29.6 Å². The summed E-state index contributed by atoms with van der Waals surface area (Å²) in [5, 5.41) is 12.0. The molecule has 13 heavy (non-hydrogen) atoms. The summed E-state index contributed by atoms with van der Waals surface area (Å²) in [6.45, 7) is 0. The molecule has 0 fully saturated rings. The van der Waals surface area contributed by atoms with Gasteiger partial charge in [-0.15, -0.1) is 11.3 Å². The van der Waals surface area contributed by atoms with E-state index in [9.17, 15) is 5.11 Å². The van der Waals surface area contributed by atoms with Crippen LogP contribution >= 0.6 is 22.9 Å². The van der Waals surface area contributed by atoms with Crippen molar-refractivity contribution in [3.8, 4) is 16.2 Å². The van der Waals surface area contributed by atoms with Crippen LogP contribution in [0.5, 0.6) is 5.75 Å². The van der Waals surface area contributed by atoms with Crippen LogP contribution in [0.15, 0.2) is 35.7 Å². The molecule has 0 aliphatic carbocycles. The minimum absolute atomic E-state index is 0.312. The van der Waals surface area contributed by atoms with E-state index in [4.69, 9.17) is 11.6 Å². The molecule has 2 aromatic rings. The first kappa shape index (κ1) is 8.60. The zero-order valence-corrected chi connectivity index (χ0v) is 8.27. The summed E-state index contributed by atoms with van der Waals surface area (Å²) in [6, 6.07) is 9.14. The molecule has 1 aromatic heterocycles. The second-order valence-electron chi connectivity index (χ2n) is 2.65. The van der Waals surface area contributed by atoms with Gasteiger partial charge in [0.25, 0.3) is 0 Å². The second-order valence-corrected chi connectivity index (χ2v) is 4.00. The monoisotopic (exact) mass is 210 g/mol. The van der Waals surface area contributed by atoms with E-state index in [1.54, 1.807) is 6.07 Å². The molecule has 1 heterocycles. The Balaban J connectivity index is 2.53. The van der Waals surface area contributed by atoms with E-state index in [2.05, 4.69) is 0 Å². The summed E-state index contributed by atoms with van der Waals surface area (Å²) >= 11 is 7.34. The van der Waals surface area contributed by atoms with Crippen LogP contribution in [0.25, 0.3) is 10.4 Å². The molecule has 0 saturated carbocycles. The van der Waals surface area contributed by atoms with E-state index in [1.165, 1.54) is 11.3 Å². The van der Waals surface area contributed by atoms with Crippen LogP contribution in [-0.4, -0.2) is 5.11 Å². The summed E-state index contributed by atoms with van der Waals surface area (Å²) in [6.07, 6.45) is 0. The highest BCUT2D eigenvalue weighted by atomic mass is 35.5. The third kappa shape index (κ3) is 1.69. The molecule has 0 saturated heterocycles. The SMILES string of the molecule is Oc1ccsc1-c1cccc(Cl)c1. The number of hydrogen-bond donors (Lipinski definition) is 1. The van der Waals surface area contributed by atoms with Gasteiger partial charge in [-0.05, 0) is 29.1 Å². The van der Waals surface area contributed by atoms with Crippen LogP contribution in [0.4, 0.5) is 0 Å². The molecule has 0 atom stereocenters. The number of thiophene rings is 1. The number of halogens is 1. The lowest BCUT2D eigenvalue weighted by Gasteiger charge is -1.98. The van der Waals surface area contributed by atoms with E-state index in [-0.39, 0.29) is 0 Å². The van der Waals surface area contributed by atoms with E-state index >= 15 is 0 Å². The number of rotatable bonds is 1. The van der Waals surface area contributed by atoms with Crippen molar-refractivity contribution in [3.63, 3.8) is 0 Å². The molecule has 1 nitrogen and oxygen atoms in total. The highest BCUT2D eigenvalue weighted by Gasteiger charge is 2.04. The average molecular weight is 211 g/mol. The minimum atomic E-state index is 0.312. The Bertz CT molecular complexity index is 422. The lowest BCUT2D eigenvalue weighted by atomic mass is 10.2. The van der Waals surface area contributed by atoms with Gasteiger partial charge >= 0.3 is 0 Å². The van der Waals surface area contributed by atoms with Gasteiger partial charge in [-0.3, -0.25) is 0 Å². The van der Waals surface area contributed by atoms with Gasteiger partial charge in [0.2, 0.25) is 0 Å². The van der Waals surface area contributed by atoms with Gasteiger partial charge in [-0.2, -0.15) is 0 Å².